The molecule has 130 valence electrons. The van der Waals surface area contributed by atoms with E-state index in [9.17, 15) is 15.2 Å². The second kappa shape index (κ2) is 8.02. The maximum absolute atomic E-state index is 12.5. The molecule has 2 N–H and O–H groups in total. The Hall–Kier alpha value is -3.27. The van der Waals surface area contributed by atoms with Crippen molar-refractivity contribution in [1.29, 1.82) is 5.26 Å². The zero-order valence-corrected chi connectivity index (χ0v) is 14.4. The van der Waals surface area contributed by atoms with Gasteiger partial charge in [0.25, 0.3) is 11.9 Å². The number of aliphatic hydroxyl groups is 1. The van der Waals surface area contributed by atoms with Gasteiger partial charge in [0.15, 0.2) is 0 Å². The van der Waals surface area contributed by atoms with Crippen molar-refractivity contribution < 1.29 is 14.6 Å². The number of amides is 1. The van der Waals surface area contributed by atoms with E-state index in [4.69, 9.17) is 4.74 Å². The summed E-state index contributed by atoms with van der Waals surface area (Å²) in [6, 6.07) is 10.4. The normalized spacial score (nSPS) is 19.4. The Morgan fingerprint density at radius 1 is 1.44 bits per heavy atom. The highest BCUT2D eigenvalue weighted by atomic mass is 16.6. The van der Waals surface area contributed by atoms with Crippen LogP contribution in [-0.4, -0.2) is 48.5 Å². The second-order valence-corrected chi connectivity index (χ2v) is 5.45. The van der Waals surface area contributed by atoms with Crippen molar-refractivity contribution in [2.45, 2.75) is 13.0 Å². The lowest BCUT2D eigenvalue weighted by Crippen LogP contribution is -2.41. The third-order valence-electron chi connectivity index (χ3n) is 3.51. The van der Waals surface area contributed by atoms with Crippen LogP contribution in [0, 0.1) is 11.3 Å². The quantitative estimate of drug-likeness (QED) is 0.483. The van der Waals surface area contributed by atoms with E-state index in [2.05, 4.69) is 16.4 Å². The molecule has 2 rings (SSSR count). The summed E-state index contributed by atoms with van der Waals surface area (Å²) in [6.07, 6.45) is 1.52. The third kappa shape index (κ3) is 4.18. The minimum atomic E-state index is -0.840. The summed E-state index contributed by atoms with van der Waals surface area (Å²) in [7, 11) is 3.43. The molecule has 0 bridgehead atoms. The average Bonchev–Trinajstić information content (AvgIpc) is 2.59. The van der Waals surface area contributed by atoms with E-state index in [1.54, 1.807) is 25.9 Å². The molecule has 1 amide bonds. The molecular weight excluding hydrogens is 320 g/mol. The number of hydrogen-bond donors (Lipinski definition) is 2. The van der Waals surface area contributed by atoms with Crippen molar-refractivity contribution in [3.63, 3.8) is 0 Å². The monoisotopic (exact) mass is 340 g/mol. The fourth-order valence-electron chi connectivity index (χ4n) is 2.28. The minimum Gasteiger partial charge on any atom is -0.481 e. The van der Waals surface area contributed by atoms with E-state index < -0.39 is 17.9 Å². The molecule has 1 aromatic carbocycles. The first-order valence-electron chi connectivity index (χ1n) is 7.77. The van der Waals surface area contributed by atoms with Gasteiger partial charge in [0.2, 0.25) is 0 Å². The number of benzene rings is 1. The van der Waals surface area contributed by atoms with Gasteiger partial charge in [0.05, 0.1) is 6.61 Å². The molecule has 1 aliphatic heterocycles. The van der Waals surface area contributed by atoms with Crippen molar-refractivity contribution in [1.82, 2.24) is 10.2 Å². The second-order valence-electron chi connectivity index (χ2n) is 5.45. The summed E-state index contributed by atoms with van der Waals surface area (Å²) < 4.78 is 5.08. The number of allylic oxidation sites excluding steroid dienone is 1. The van der Waals surface area contributed by atoms with Gasteiger partial charge < -0.3 is 20.1 Å². The summed E-state index contributed by atoms with van der Waals surface area (Å²) in [5, 5.41) is 22.0. The number of ether oxygens (including phenoxy) is 1. The van der Waals surface area contributed by atoms with E-state index >= 15 is 0 Å². The number of nitriles is 1. The summed E-state index contributed by atoms with van der Waals surface area (Å²) in [5.74, 6) is -0.638. The van der Waals surface area contributed by atoms with E-state index in [0.717, 1.165) is 5.56 Å². The average molecular weight is 340 g/mol. The summed E-state index contributed by atoms with van der Waals surface area (Å²) in [6.45, 7) is 1.90. The Morgan fingerprint density at radius 3 is 2.68 bits per heavy atom. The highest BCUT2D eigenvalue weighted by Gasteiger charge is 2.31. The van der Waals surface area contributed by atoms with Gasteiger partial charge in [-0.2, -0.15) is 5.26 Å². The fourth-order valence-corrected chi connectivity index (χ4v) is 2.28. The zero-order chi connectivity index (χ0) is 18.4. The largest absolute Gasteiger partial charge is 0.481 e. The lowest BCUT2D eigenvalue weighted by Gasteiger charge is -2.23. The third-order valence-corrected chi connectivity index (χ3v) is 3.51. The number of carbonyl (C=O) groups excluding carboxylic acids is 1. The molecule has 1 aliphatic rings. The number of aliphatic hydroxyl groups excluding tert-OH is 1. The first-order chi connectivity index (χ1) is 12.0. The Labute approximate surface area is 146 Å². The van der Waals surface area contributed by atoms with Crippen molar-refractivity contribution in [3.05, 3.63) is 59.2 Å². The predicted molar refractivity (Wildman–Crippen MR) is 93.6 cm³/mol. The van der Waals surface area contributed by atoms with E-state index in [1.165, 1.54) is 6.08 Å². The maximum atomic E-state index is 12.5. The van der Waals surface area contributed by atoms with Crippen molar-refractivity contribution in [3.8, 4) is 6.07 Å². The van der Waals surface area contributed by atoms with Crippen molar-refractivity contribution in [2.24, 2.45) is 4.99 Å². The molecule has 0 aliphatic carbocycles. The molecule has 0 saturated carbocycles. The number of hydrogen-bond acceptors (Lipinski definition) is 6. The number of nitrogens with one attached hydrogen (secondary N) is 1. The maximum Gasteiger partial charge on any atom is 0.288 e. The molecule has 7 nitrogen and oxygen atoms in total. The number of amidine groups is 1. The van der Waals surface area contributed by atoms with Gasteiger partial charge in [-0.05, 0) is 13.0 Å². The van der Waals surface area contributed by atoms with Gasteiger partial charge in [-0.25, -0.2) is 0 Å². The van der Waals surface area contributed by atoms with Gasteiger partial charge in [-0.15, -0.1) is 0 Å². The Kier molecular flexibility index (Phi) is 5.79. The standard InChI is InChI=1S/C18H20N4O3/c1-4-25-18(24)15-14(10-13(11-19)22(2)3)20-16(21-17(15)23)12-8-6-5-7-9-12/h5-10,14,24H,4H2,1-3H3,(H,20,21,23)/b13-10-,18-15?/t14-/m0/s1. The summed E-state index contributed by atoms with van der Waals surface area (Å²) in [5.41, 5.74) is 1.02. The van der Waals surface area contributed by atoms with Crippen molar-refractivity contribution in [2.75, 3.05) is 20.7 Å². The topological polar surface area (TPSA) is 98.0 Å². The molecule has 1 heterocycles. The van der Waals surface area contributed by atoms with Crippen LogP contribution in [0.15, 0.2) is 58.6 Å². The Bertz CT molecular complexity index is 773. The molecule has 0 saturated heterocycles. The molecule has 0 spiro atoms. The Morgan fingerprint density at radius 2 is 2.12 bits per heavy atom. The molecule has 0 aromatic heterocycles. The van der Waals surface area contributed by atoms with E-state index in [-0.39, 0.29) is 12.2 Å². The van der Waals surface area contributed by atoms with E-state index in [1.807, 2.05) is 30.3 Å². The van der Waals surface area contributed by atoms with Gasteiger partial charge >= 0.3 is 0 Å². The van der Waals surface area contributed by atoms with Crippen LogP contribution in [0.1, 0.15) is 12.5 Å². The first-order valence-corrected chi connectivity index (χ1v) is 7.77. The molecule has 25 heavy (non-hydrogen) atoms. The van der Waals surface area contributed by atoms with Crippen LogP contribution in [0.25, 0.3) is 0 Å². The smallest absolute Gasteiger partial charge is 0.288 e. The lowest BCUT2D eigenvalue weighted by atomic mass is 10.0. The van der Waals surface area contributed by atoms with Crippen LogP contribution in [-0.2, 0) is 9.53 Å². The Balaban J connectivity index is 2.57. The van der Waals surface area contributed by atoms with Crippen LogP contribution < -0.4 is 5.32 Å². The van der Waals surface area contributed by atoms with E-state index in [0.29, 0.717) is 11.5 Å². The number of nitrogens with zero attached hydrogens (tertiary/aromatic N) is 3. The fraction of sp³-hybridized carbons (Fsp3) is 0.278. The zero-order valence-electron chi connectivity index (χ0n) is 14.4. The molecule has 7 heteroatoms. The van der Waals surface area contributed by atoms with Crippen LogP contribution in [0.5, 0.6) is 0 Å². The van der Waals surface area contributed by atoms with Crippen LogP contribution in [0.4, 0.5) is 0 Å². The lowest BCUT2D eigenvalue weighted by molar-refractivity contribution is -0.117. The van der Waals surface area contributed by atoms with Crippen LogP contribution >= 0.6 is 0 Å². The summed E-state index contributed by atoms with van der Waals surface area (Å²) in [4.78, 5) is 18.6. The molecule has 0 fully saturated rings. The van der Waals surface area contributed by atoms with Gasteiger partial charge in [-0.3, -0.25) is 9.79 Å². The SMILES string of the molecule is CCOC(O)=C1C(=O)NC(c2ccccc2)=N[C@H]1/C=C(/C#N)N(C)C. The molecule has 0 radical (unpaired) electrons. The van der Waals surface area contributed by atoms with Crippen LogP contribution in [0.3, 0.4) is 0 Å². The molecule has 1 atom stereocenters. The minimum absolute atomic E-state index is 0.0314. The highest BCUT2D eigenvalue weighted by Crippen LogP contribution is 2.21. The molecular formula is C18H20N4O3. The number of carbonyl (C=O) groups is 1. The van der Waals surface area contributed by atoms with Gasteiger partial charge in [0, 0.05) is 19.7 Å². The van der Waals surface area contributed by atoms with Gasteiger partial charge in [-0.1, -0.05) is 30.3 Å². The predicted octanol–water partition coefficient (Wildman–Crippen LogP) is 1.71. The van der Waals surface area contributed by atoms with Crippen molar-refractivity contribution >= 4 is 11.7 Å². The molecule has 1 aromatic rings. The number of aliphatic imine (C=N–C) groups is 1. The van der Waals surface area contributed by atoms with Gasteiger partial charge in [0.1, 0.15) is 29.2 Å². The van der Waals surface area contributed by atoms with Crippen LogP contribution in [0.2, 0.25) is 0 Å². The highest BCUT2D eigenvalue weighted by molar-refractivity contribution is 6.15. The first kappa shape index (κ1) is 18.1. The number of rotatable bonds is 5. The molecule has 0 unspecified atom stereocenters. The summed E-state index contributed by atoms with van der Waals surface area (Å²) >= 11 is 0.